The number of amides is 1. The van der Waals surface area contributed by atoms with Gasteiger partial charge in [-0.2, -0.15) is 0 Å². The Morgan fingerprint density at radius 3 is 3.09 bits per heavy atom. The quantitative estimate of drug-likeness (QED) is 0.800. The summed E-state index contributed by atoms with van der Waals surface area (Å²) in [6.45, 7) is 1.76. The van der Waals surface area contributed by atoms with E-state index in [1.807, 2.05) is 29.2 Å². The molecule has 0 atom stereocenters. The number of carbonyl (C=O) groups excluding carboxylic acids is 1. The van der Waals surface area contributed by atoms with Crippen molar-refractivity contribution in [1.82, 2.24) is 4.90 Å². The molecule has 0 aliphatic carbocycles. The van der Waals surface area contributed by atoms with E-state index in [9.17, 15) is 4.79 Å². The molecule has 2 aliphatic heterocycles. The van der Waals surface area contributed by atoms with Crippen LogP contribution in [0.25, 0.3) is 6.08 Å². The highest BCUT2D eigenvalue weighted by molar-refractivity contribution is 7.10. The van der Waals surface area contributed by atoms with E-state index >= 15 is 0 Å². The molecule has 112 valence electrons. The fourth-order valence-electron chi connectivity index (χ4n) is 2.73. The zero-order valence-electron chi connectivity index (χ0n) is 12.0. The van der Waals surface area contributed by atoms with Crippen molar-refractivity contribution >= 4 is 23.3 Å². The van der Waals surface area contributed by atoms with Crippen molar-refractivity contribution in [3.05, 3.63) is 51.7 Å². The fraction of sp³-hybridized carbons (Fsp3) is 0.235. The highest BCUT2D eigenvalue weighted by atomic mass is 32.1. The van der Waals surface area contributed by atoms with Gasteiger partial charge in [0.15, 0.2) is 11.5 Å². The number of hydrogen-bond acceptors (Lipinski definition) is 4. The van der Waals surface area contributed by atoms with Crippen LogP contribution in [0.5, 0.6) is 11.5 Å². The van der Waals surface area contributed by atoms with Crippen molar-refractivity contribution in [3.8, 4) is 11.5 Å². The molecular weight excluding hydrogens is 298 g/mol. The van der Waals surface area contributed by atoms with Crippen LogP contribution in [-0.2, 0) is 17.8 Å². The molecule has 0 saturated heterocycles. The molecule has 3 heterocycles. The molecule has 0 N–H and O–H groups in total. The monoisotopic (exact) mass is 313 g/mol. The van der Waals surface area contributed by atoms with Gasteiger partial charge in [0, 0.05) is 24.0 Å². The Labute approximate surface area is 132 Å². The van der Waals surface area contributed by atoms with Gasteiger partial charge in [-0.1, -0.05) is 6.07 Å². The van der Waals surface area contributed by atoms with E-state index in [4.69, 9.17) is 9.47 Å². The highest BCUT2D eigenvalue weighted by Gasteiger charge is 2.19. The van der Waals surface area contributed by atoms with E-state index in [1.165, 1.54) is 10.4 Å². The van der Waals surface area contributed by atoms with Crippen LogP contribution in [0.1, 0.15) is 16.0 Å². The summed E-state index contributed by atoms with van der Waals surface area (Å²) in [6.07, 6.45) is 4.42. The van der Waals surface area contributed by atoms with Crippen molar-refractivity contribution in [2.45, 2.75) is 13.0 Å². The van der Waals surface area contributed by atoms with Gasteiger partial charge in [0.1, 0.15) is 0 Å². The van der Waals surface area contributed by atoms with Crippen LogP contribution in [-0.4, -0.2) is 24.1 Å². The predicted octanol–water partition coefficient (Wildman–Crippen LogP) is 3.07. The third-order valence-corrected chi connectivity index (χ3v) is 4.96. The van der Waals surface area contributed by atoms with Gasteiger partial charge >= 0.3 is 0 Å². The summed E-state index contributed by atoms with van der Waals surface area (Å²) in [5.41, 5.74) is 2.21. The molecule has 0 unspecified atom stereocenters. The standard InChI is InChI=1S/C17H15NO3S/c19-17(18-7-5-16-13(10-18)6-8-22-16)4-2-12-1-3-14-15(9-12)21-11-20-14/h1-4,6,8-9H,5,7,10-11H2/b4-2+. The van der Waals surface area contributed by atoms with Gasteiger partial charge in [-0.25, -0.2) is 0 Å². The molecule has 22 heavy (non-hydrogen) atoms. The molecule has 0 saturated carbocycles. The smallest absolute Gasteiger partial charge is 0.246 e. The topological polar surface area (TPSA) is 38.8 Å². The third-order valence-electron chi connectivity index (χ3n) is 3.93. The Kier molecular flexibility index (Phi) is 3.35. The zero-order valence-corrected chi connectivity index (χ0v) is 12.8. The second kappa shape index (κ2) is 5.50. The third kappa shape index (κ3) is 2.48. The molecule has 4 rings (SSSR count). The van der Waals surface area contributed by atoms with Crippen LogP contribution in [0, 0.1) is 0 Å². The Bertz CT molecular complexity index is 750. The molecule has 1 aromatic carbocycles. The maximum Gasteiger partial charge on any atom is 0.246 e. The van der Waals surface area contributed by atoms with Crippen molar-refractivity contribution in [1.29, 1.82) is 0 Å². The maximum absolute atomic E-state index is 12.3. The van der Waals surface area contributed by atoms with Crippen LogP contribution in [0.15, 0.2) is 35.7 Å². The fourth-order valence-corrected chi connectivity index (χ4v) is 3.62. The number of benzene rings is 1. The Hall–Kier alpha value is -2.27. The van der Waals surface area contributed by atoms with Crippen molar-refractivity contribution in [2.75, 3.05) is 13.3 Å². The van der Waals surface area contributed by atoms with Gasteiger partial charge in [0.25, 0.3) is 0 Å². The van der Waals surface area contributed by atoms with Crippen molar-refractivity contribution in [2.24, 2.45) is 0 Å². The van der Waals surface area contributed by atoms with Crippen molar-refractivity contribution in [3.63, 3.8) is 0 Å². The number of hydrogen-bond donors (Lipinski definition) is 0. The zero-order chi connectivity index (χ0) is 14.9. The van der Waals surface area contributed by atoms with Gasteiger partial charge < -0.3 is 14.4 Å². The van der Waals surface area contributed by atoms with Crippen LogP contribution in [0.3, 0.4) is 0 Å². The molecule has 2 aromatic rings. The average Bonchev–Trinajstić information content (AvgIpc) is 3.19. The highest BCUT2D eigenvalue weighted by Crippen LogP contribution is 2.32. The van der Waals surface area contributed by atoms with Crippen LogP contribution < -0.4 is 9.47 Å². The molecule has 0 fully saturated rings. The van der Waals surface area contributed by atoms with Gasteiger partial charge in [-0.3, -0.25) is 4.79 Å². The van der Waals surface area contributed by atoms with E-state index < -0.39 is 0 Å². The van der Waals surface area contributed by atoms with E-state index in [2.05, 4.69) is 11.4 Å². The lowest BCUT2D eigenvalue weighted by Gasteiger charge is -2.25. The van der Waals surface area contributed by atoms with Crippen LogP contribution in [0.4, 0.5) is 0 Å². The Balaban J connectivity index is 1.46. The minimum Gasteiger partial charge on any atom is -0.454 e. The van der Waals surface area contributed by atoms with Crippen molar-refractivity contribution < 1.29 is 14.3 Å². The summed E-state index contributed by atoms with van der Waals surface area (Å²) in [5.74, 6) is 1.54. The Morgan fingerprint density at radius 1 is 1.23 bits per heavy atom. The van der Waals surface area contributed by atoms with Crippen LogP contribution in [0.2, 0.25) is 0 Å². The van der Waals surface area contributed by atoms with Crippen LogP contribution >= 0.6 is 11.3 Å². The SMILES string of the molecule is O=C(/C=C/c1ccc2c(c1)OCO2)N1CCc2sccc2C1. The summed E-state index contributed by atoms with van der Waals surface area (Å²) >= 11 is 1.78. The largest absolute Gasteiger partial charge is 0.454 e. The minimum absolute atomic E-state index is 0.0505. The first-order chi connectivity index (χ1) is 10.8. The first-order valence-corrected chi connectivity index (χ1v) is 8.09. The number of ether oxygens (including phenoxy) is 2. The lowest BCUT2D eigenvalue weighted by atomic mass is 10.1. The summed E-state index contributed by atoms with van der Waals surface area (Å²) in [5, 5.41) is 2.10. The molecule has 5 heteroatoms. The first-order valence-electron chi connectivity index (χ1n) is 7.21. The number of carbonyl (C=O) groups is 1. The number of thiophene rings is 1. The molecule has 0 radical (unpaired) electrons. The second-order valence-corrected chi connectivity index (χ2v) is 6.33. The number of fused-ring (bicyclic) bond motifs is 2. The normalized spacial score (nSPS) is 16.1. The number of nitrogens with zero attached hydrogens (tertiary/aromatic N) is 1. The van der Waals surface area contributed by atoms with Gasteiger partial charge in [0.05, 0.1) is 0 Å². The minimum atomic E-state index is 0.0505. The molecule has 2 aliphatic rings. The first kappa shape index (κ1) is 13.4. The predicted molar refractivity (Wildman–Crippen MR) is 85.0 cm³/mol. The summed E-state index contributed by atoms with van der Waals surface area (Å²) in [7, 11) is 0. The lowest BCUT2D eigenvalue weighted by molar-refractivity contribution is -0.126. The van der Waals surface area contributed by atoms with Gasteiger partial charge in [-0.05, 0) is 47.2 Å². The average molecular weight is 313 g/mol. The number of rotatable bonds is 2. The Morgan fingerprint density at radius 2 is 2.14 bits per heavy atom. The molecule has 1 aromatic heterocycles. The second-order valence-electron chi connectivity index (χ2n) is 5.32. The molecular formula is C17H15NO3S. The molecule has 4 nitrogen and oxygen atoms in total. The summed E-state index contributed by atoms with van der Waals surface area (Å²) in [4.78, 5) is 15.6. The van der Waals surface area contributed by atoms with E-state index in [0.29, 0.717) is 6.54 Å². The maximum atomic E-state index is 12.3. The molecule has 0 spiro atoms. The molecule has 1 amide bonds. The lowest BCUT2D eigenvalue weighted by Crippen LogP contribution is -2.34. The summed E-state index contributed by atoms with van der Waals surface area (Å²) in [6, 6.07) is 7.79. The van der Waals surface area contributed by atoms with E-state index in [-0.39, 0.29) is 12.7 Å². The van der Waals surface area contributed by atoms with Gasteiger partial charge in [-0.15, -0.1) is 11.3 Å². The van der Waals surface area contributed by atoms with E-state index in [1.54, 1.807) is 17.4 Å². The van der Waals surface area contributed by atoms with E-state index in [0.717, 1.165) is 30.0 Å². The van der Waals surface area contributed by atoms with Gasteiger partial charge in [0.2, 0.25) is 12.7 Å². The molecule has 0 bridgehead atoms. The summed E-state index contributed by atoms with van der Waals surface area (Å²) < 4.78 is 10.6.